The Morgan fingerprint density at radius 2 is 1.50 bits per heavy atom. The smallest absolute Gasteiger partial charge is 0.149 e. The molecule has 102 valence electrons. The van der Waals surface area contributed by atoms with Gasteiger partial charge in [0.1, 0.15) is 11.2 Å². The Labute approximate surface area is 119 Å². The normalized spacial score (nSPS) is 14.7. The lowest BCUT2D eigenvalue weighted by molar-refractivity contribution is -0.124. The third-order valence-corrected chi connectivity index (χ3v) is 4.22. The Morgan fingerprint density at radius 1 is 1.00 bits per heavy atom. The van der Waals surface area contributed by atoms with Gasteiger partial charge in [0.05, 0.1) is 6.61 Å². The fourth-order valence-corrected chi connectivity index (χ4v) is 3.38. The molecule has 1 aliphatic rings. The second-order valence-electron chi connectivity index (χ2n) is 5.21. The second-order valence-corrected chi connectivity index (χ2v) is 5.21. The zero-order valence-corrected chi connectivity index (χ0v) is 11.8. The van der Waals surface area contributed by atoms with Gasteiger partial charge in [-0.2, -0.15) is 0 Å². The van der Waals surface area contributed by atoms with E-state index < -0.39 is 5.41 Å². The fourth-order valence-electron chi connectivity index (χ4n) is 3.38. The summed E-state index contributed by atoms with van der Waals surface area (Å²) in [7, 11) is 1.66. The quantitative estimate of drug-likeness (QED) is 0.845. The van der Waals surface area contributed by atoms with Crippen molar-refractivity contribution in [2.45, 2.75) is 18.8 Å². The number of carbonyl (C=O) groups is 1. The Hall–Kier alpha value is -1.93. The van der Waals surface area contributed by atoms with Gasteiger partial charge in [0, 0.05) is 13.5 Å². The number of Topliss-reactive ketones (excluding diaryl/α,β-unsaturated/α-hetero) is 1. The highest BCUT2D eigenvalue weighted by Crippen LogP contribution is 2.49. The van der Waals surface area contributed by atoms with Crippen LogP contribution in [0.4, 0.5) is 0 Å². The van der Waals surface area contributed by atoms with E-state index in [1.54, 1.807) is 7.11 Å². The largest absolute Gasteiger partial charge is 0.383 e. The minimum Gasteiger partial charge on any atom is -0.383 e. The first kappa shape index (κ1) is 13.1. The molecule has 20 heavy (non-hydrogen) atoms. The zero-order valence-electron chi connectivity index (χ0n) is 11.8. The van der Waals surface area contributed by atoms with Crippen molar-refractivity contribution < 1.29 is 9.53 Å². The predicted octanol–water partition coefficient (Wildman–Crippen LogP) is 3.58. The van der Waals surface area contributed by atoms with E-state index in [4.69, 9.17) is 4.74 Å². The molecule has 0 saturated heterocycles. The molecule has 0 aliphatic heterocycles. The van der Waals surface area contributed by atoms with Crippen LogP contribution >= 0.6 is 0 Å². The van der Waals surface area contributed by atoms with E-state index in [1.165, 1.54) is 0 Å². The molecule has 0 aromatic heterocycles. The van der Waals surface area contributed by atoms with Gasteiger partial charge < -0.3 is 4.74 Å². The standard InChI is InChI=1S/C18H18O2/c1-3-17(19)18(12-20-2)15-10-6-4-8-13(15)14-9-5-7-11-16(14)18/h4-11H,3,12H2,1-2H3. The highest BCUT2D eigenvalue weighted by Gasteiger charge is 2.47. The maximum atomic E-state index is 12.8. The van der Waals surface area contributed by atoms with Gasteiger partial charge in [-0.25, -0.2) is 0 Å². The molecule has 2 nitrogen and oxygen atoms in total. The minimum atomic E-state index is -0.642. The van der Waals surface area contributed by atoms with E-state index in [-0.39, 0.29) is 5.78 Å². The highest BCUT2D eigenvalue weighted by molar-refractivity contribution is 6.01. The van der Waals surface area contributed by atoms with Gasteiger partial charge in [0.2, 0.25) is 0 Å². The molecule has 0 radical (unpaired) electrons. The molecular formula is C18H18O2. The summed E-state index contributed by atoms with van der Waals surface area (Å²) >= 11 is 0. The van der Waals surface area contributed by atoms with Crippen LogP contribution in [0.25, 0.3) is 11.1 Å². The number of fused-ring (bicyclic) bond motifs is 3. The summed E-state index contributed by atoms with van der Waals surface area (Å²) < 4.78 is 5.44. The van der Waals surface area contributed by atoms with Gasteiger partial charge in [-0.05, 0) is 22.3 Å². The van der Waals surface area contributed by atoms with Crippen molar-refractivity contribution >= 4 is 5.78 Å². The van der Waals surface area contributed by atoms with Crippen LogP contribution in [-0.4, -0.2) is 19.5 Å². The SMILES string of the molecule is CCC(=O)C1(COC)c2ccccc2-c2ccccc21. The van der Waals surface area contributed by atoms with Gasteiger partial charge in [-0.1, -0.05) is 55.5 Å². The molecule has 2 heteroatoms. The Kier molecular flexibility index (Phi) is 3.19. The molecule has 0 bridgehead atoms. The number of ether oxygens (including phenoxy) is 1. The van der Waals surface area contributed by atoms with Crippen LogP contribution in [0.5, 0.6) is 0 Å². The van der Waals surface area contributed by atoms with Crippen LogP contribution in [0.3, 0.4) is 0 Å². The van der Waals surface area contributed by atoms with Crippen molar-refractivity contribution in [3.05, 3.63) is 59.7 Å². The van der Waals surface area contributed by atoms with Crippen LogP contribution in [0.1, 0.15) is 24.5 Å². The first-order valence-corrected chi connectivity index (χ1v) is 6.97. The van der Waals surface area contributed by atoms with Crippen molar-refractivity contribution in [3.8, 4) is 11.1 Å². The molecule has 1 aliphatic carbocycles. The Balaban J connectivity index is 2.36. The number of hydrogen-bond acceptors (Lipinski definition) is 2. The van der Waals surface area contributed by atoms with Crippen LogP contribution < -0.4 is 0 Å². The van der Waals surface area contributed by atoms with E-state index in [9.17, 15) is 4.79 Å². The molecule has 0 unspecified atom stereocenters. The first-order chi connectivity index (χ1) is 9.75. The summed E-state index contributed by atoms with van der Waals surface area (Å²) in [4.78, 5) is 12.8. The fraction of sp³-hybridized carbons (Fsp3) is 0.278. The molecule has 0 heterocycles. The molecule has 2 aromatic carbocycles. The van der Waals surface area contributed by atoms with Gasteiger partial charge in [0.25, 0.3) is 0 Å². The van der Waals surface area contributed by atoms with Crippen LogP contribution in [0.15, 0.2) is 48.5 Å². The molecular weight excluding hydrogens is 248 g/mol. The topological polar surface area (TPSA) is 26.3 Å². The molecule has 2 aromatic rings. The van der Waals surface area contributed by atoms with Gasteiger partial charge in [-0.3, -0.25) is 4.79 Å². The third-order valence-electron chi connectivity index (χ3n) is 4.22. The molecule has 0 amide bonds. The molecule has 0 spiro atoms. The third kappa shape index (κ3) is 1.58. The number of hydrogen-bond donors (Lipinski definition) is 0. The van der Waals surface area contributed by atoms with Gasteiger partial charge >= 0.3 is 0 Å². The average molecular weight is 266 g/mol. The number of rotatable bonds is 4. The molecule has 0 saturated carbocycles. The maximum absolute atomic E-state index is 12.8. The lowest BCUT2D eigenvalue weighted by Crippen LogP contribution is -2.39. The first-order valence-electron chi connectivity index (χ1n) is 6.97. The average Bonchev–Trinajstić information content (AvgIpc) is 2.79. The van der Waals surface area contributed by atoms with Crippen molar-refractivity contribution in [1.82, 2.24) is 0 Å². The lowest BCUT2D eigenvalue weighted by atomic mass is 9.74. The number of ketones is 1. The summed E-state index contributed by atoms with van der Waals surface area (Å²) in [6.45, 7) is 2.32. The van der Waals surface area contributed by atoms with E-state index in [0.717, 1.165) is 22.3 Å². The molecule has 3 rings (SSSR count). The molecule has 0 N–H and O–H groups in total. The van der Waals surface area contributed by atoms with E-state index in [0.29, 0.717) is 13.0 Å². The molecule has 0 atom stereocenters. The van der Waals surface area contributed by atoms with Crippen molar-refractivity contribution in [1.29, 1.82) is 0 Å². The zero-order chi connectivity index (χ0) is 14.2. The van der Waals surface area contributed by atoms with Gasteiger partial charge in [0.15, 0.2) is 0 Å². The number of methoxy groups -OCH3 is 1. The lowest BCUT2D eigenvalue weighted by Gasteiger charge is -2.29. The van der Waals surface area contributed by atoms with E-state index >= 15 is 0 Å². The highest BCUT2D eigenvalue weighted by atomic mass is 16.5. The van der Waals surface area contributed by atoms with Crippen LogP contribution in [0.2, 0.25) is 0 Å². The Bertz CT molecular complexity index is 612. The predicted molar refractivity (Wildman–Crippen MR) is 79.8 cm³/mol. The van der Waals surface area contributed by atoms with E-state index in [1.807, 2.05) is 31.2 Å². The van der Waals surface area contributed by atoms with Gasteiger partial charge in [-0.15, -0.1) is 0 Å². The Morgan fingerprint density at radius 3 is 1.95 bits per heavy atom. The van der Waals surface area contributed by atoms with Crippen LogP contribution in [-0.2, 0) is 14.9 Å². The molecule has 0 fully saturated rings. The number of carbonyl (C=O) groups excluding carboxylic acids is 1. The monoisotopic (exact) mass is 266 g/mol. The van der Waals surface area contributed by atoms with Crippen molar-refractivity contribution in [2.24, 2.45) is 0 Å². The summed E-state index contributed by atoms with van der Waals surface area (Å²) in [5.74, 6) is 0.219. The summed E-state index contributed by atoms with van der Waals surface area (Å²) in [5, 5.41) is 0. The van der Waals surface area contributed by atoms with E-state index in [2.05, 4.69) is 24.3 Å². The minimum absolute atomic E-state index is 0.219. The maximum Gasteiger partial charge on any atom is 0.149 e. The van der Waals surface area contributed by atoms with Crippen LogP contribution in [0, 0.1) is 0 Å². The summed E-state index contributed by atoms with van der Waals surface area (Å²) in [6.07, 6.45) is 0.506. The number of benzene rings is 2. The van der Waals surface area contributed by atoms with Crippen molar-refractivity contribution in [3.63, 3.8) is 0 Å². The summed E-state index contributed by atoms with van der Waals surface area (Å²) in [6, 6.07) is 16.3. The van der Waals surface area contributed by atoms with Crippen molar-refractivity contribution in [2.75, 3.05) is 13.7 Å². The second kappa shape index (κ2) is 4.88. The summed E-state index contributed by atoms with van der Waals surface area (Å²) in [5.41, 5.74) is 3.82.